The molecular formula is C32H33ClN4O4. The van der Waals surface area contributed by atoms with E-state index in [1.54, 1.807) is 24.4 Å². The van der Waals surface area contributed by atoms with Crippen molar-refractivity contribution in [2.45, 2.75) is 45.6 Å². The molecule has 3 amide bonds. The van der Waals surface area contributed by atoms with Crippen LogP contribution in [-0.2, 0) is 14.3 Å². The Morgan fingerprint density at radius 2 is 1.95 bits per heavy atom. The molecule has 0 aliphatic carbocycles. The van der Waals surface area contributed by atoms with Crippen LogP contribution in [0.25, 0.3) is 16.7 Å². The lowest BCUT2D eigenvalue weighted by Gasteiger charge is -2.35. The van der Waals surface area contributed by atoms with Gasteiger partial charge >= 0.3 is 6.09 Å². The van der Waals surface area contributed by atoms with Crippen LogP contribution in [0.2, 0.25) is 5.02 Å². The van der Waals surface area contributed by atoms with Gasteiger partial charge in [0.1, 0.15) is 0 Å². The summed E-state index contributed by atoms with van der Waals surface area (Å²) in [5, 5.41) is 6.39. The van der Waals surface area contributed by atoms with Crippen LogP contribution < -0.4 is 10.6 Å². The van der Waals surface area contributed by atoms with Crippen LogP contribution in [0.15, 0.2) is 60.8 Å². The summed E-state index contributed by atoms with van der Waals surface area (Å²) in [5.74, 6) is -0.410. The van der Waals surface area contributed by atoms with Gasteiger partial charge in [0.2, 0.25) is 11.8 Å². The van der Waals surface area contributed by atoms with Crippen molar-refractivity contribution in [1.29, 1.82) is 0 Å². The molecule has 3 aromatic rings. The van der Waals surface area contributed by atoms with Gasteiger partial charge in [0.25, 0.3) is 0 Å². The molecule has 0 saturated carbocycles. The molecule has 212 valence electrons. The topological polar surface area (TPSA) is 101 Å². The van der Waals surface area contributed by atoms with E-state index in [1.165, 1.54) is 7.11 Å². The molecule has 3 heterocycles. The average molecular weight is 573 g/mol. The van der Waals surface area contributed by atoms with E-state index in [1.807, 2.05) is 55.1 Å². The number of rotatable bonds is 3. The van der Waals surface area contributed by atoms with Crippen LogP contribution in [0.4, 0.5) is 16.2 Å². The van der Waals surface area contributed by atoms with E-state index in [9.17, 15) is 14.4 Å². The van der Waals surface area contributed by atoms with Crippen molar-refractivity contribution < 1.29 is 19.1 Å². The largest absolute Gasteiger partial charge is 0.453 e. The van der Waals surface area contributed by atoms with Gasteiger partial charge in [-0.1, -0.05) is 43.1 Å². The van der Waals surface area contributed by atoms with E-state index < -0.39 is 6.09 Å². The van der Waals surface area contributed by atoms with Crippen LogP contribution in [0, 0.1) is 12.8 Å². The minimum absolute atomic E-state index is 0.0559. The molecule has 0 saturated heterocycles. The Bertz CT molecular complexity index is 1540. The highest BCUT2D eigenvalue weighted by molar-refractivity contribution is 6.31. The highest BCUT2D eigenvalue weighted by Gasteiger charge is 2.30. The van der Waals surface area contributed by atoms with Crippen molar-refractivity contribution in [3.8, 4) is 11.1 Å². The Balaban J connectivity index is 1.51. The minimum Gasteiger partial charge on any atom is -0.453 e. The molecule has 41 heavy (non-hydrogen) atoms. The number of methoxy groups -OCH3 is 1. The molecule has 0 spiro atoms. The maximum atomic E-state index is 13.6. The van der Waals surface area contributed by atoms with Gasteiger partial charge in [0.15, 0.2) is 0 Å². The number of ether oxygens (including phenoxy) is 1. The van der Waals surface area contributed by atoms with Gasteiger partial charge in [0.05, 0.1) is 24.5 Å². The molecule has 2 aliphatic rings. The standard InChI is InChI=1S/C32H33ClN4O4/c1-19-6-4-9-29(37-15-13-22(17-30(37)38)24-7-5-8-26(33)20(24)2)28-16-21(12-14-34-28)25-11-10-23(35-32(40)41-3)18-27(25)36-31(19)39/h5,7-8,10-12,14,16-19,29H,4,6,9,13,15H2,1-3H3,(H,35,40)(H,36,39)/t19?,29-/m0/s1. The van der Waals surface area contributed by atoms with Crippen LogP contribution in [0.1, 0.15) is 55.5 Å². The first-order chi connectivity index (χ1) is 19.7. The van der Waals surface area contributed by atoms with Gasteiger partial charge in [-0.15, -0.1) is 0 Å². The molecule has 2 aromatic carbocycles. The number of benzene rings is 2. The summed E-state index contributed by atoms with van der Waals surface area (Å²) >= 11 is 6.36. The summed E-state index contributed by atoms with van der Waals surface area (Å²) < 4.78 is 4.72. The number of anilines is 2. The molecule has 2 atom stereocenters. The lowest BCUT2D eigenvalue weighted by molar-refractivity contribution is -0.129. The Labute approximate surface area is 244 Å². The average Bonchev–Trinajstić information content (AvgIpc) is 2.96. The zero-order chi connectivity index (χ0) is 29.1. The second kappa shape index (κ2) is 12.1. The number of carbonyl (C=O) groups is 3. The smallest absolute Gasteiger partial charge is 0.411 e. The molecule has 9 heteroatoms. The predicted octanol–water partition coefficient (Wildman–Crippen LogP) is 7.00. The Hall–Kier alpha value is -4.17. The maximum Gasteiger partial charge on any atom is 0.411 e. The molecule has 2 aliphatic heterocycles. The first kappa shape index (κ1) is 28.4. The fourth-order valence-electron chi connectivity index (χ4n) is 5.54. The van der Waals surface area contributed by atoms with E-state index >= 15 is 0 Å². The maximum absolute atomic E-state index is 13.6. The molecule has 1 unspecified atom stereocenters. The summed E-state index contributed by atoms with van der Waals surface area (Å²) in [7, 11) is 1.30. The molecule has 2 bridgehead atoms. The SMILES string of the molecule is COC(=O)Nc1ccc2c(c1)NC(=O)C(C)CCC[C@H](N1CCC(c3cccc(Cl)c3C)=CC1=O)c1cc-2ccn1. The highest BCUT2D eigenvalue weighted by atomic mass is 35.5. The van der Waals surface area contributed by atoms with Crippen LogP contribution in [0.5, 0.6) is 0 Å². The molecule has 0 radical (unpaired) electrons. The number of hydrogen-bond acceptors (Lipinski definition) is 5. The van der Waals surface area contributed by atoms with Crippen molar-refractivity contribution in [2.24, 2.45) is 5.92 Å². The van der Waals surface area contributed by atoms with Crippen LogP contribution in [-0.4, -0.2) is 41.4 Å². The third kappa shape index (κ3) is 6.12. The van der Waals surface area contributed by atoms with E-state index in [0.717, 1.165) is 39.9 Å². The third-order valence-electron chi connectivity index (χ3n) is 7.90. The lowest BCUT2D eigenvalue weighted by atomic mass is 9.92. The number of nitrogens with one attached hydrogen (secondary N) is 2. The highest BCUT2D eigenvalue weighted by Crippen LogP contribution is 2.37. The summed E-state index contributed by atoms with van der Waals surface area (Å²) in [6.45, 7) is 4.43. The fraction of sp³-hybridized carbons (Fsp3) is 0.312. The van der Waals surface area contributed by atoms with E-state index in [-0.39, 0.29) is 23.8 Å². The molecule has 5 rings (SSSR count). The van der Waals surface area contributed by atoms with Gasteiger partial charge in [-0.25, -0.2) is 4.79 Å². The zero-order valence-electron chi connectivity index (χ0n) is 23.4. The van der Waals surface area contributed by atoms with Gasteiger partial charge in [-0.3, -0.25) is 19.9 Å². The van der Waals surface area contributed by atoms with Gasteiger partial charge in [0, 0.05) is 41.0 Å². The van der Waals surface area contributed by atoms with Crippen molar-refractivity contribution in [3.05, 3.63) is 82.6 Å². The number of nitrogens with zero attached hydrogens (tertiary/aromatic N) is 2. The summed E-state index contributed by atoms with van der Waals surface area (Å²) in [6, 6.07) is 14.7. The number of fused-ring (bicyclic) bond motifs is 4. The Morgan fingerprint density at radius 3 is 2.73 bits per heavy atom. The van der Waals surface area contributed by atoms with Crippen LogP contribution >= 0.6 is 11.6 Å². The lowest BCUT2D eigenvalue weighted by Crippen LogP contribution is -2.38. The normalized spacial score (nSPS) is 19.2. The molecule has 0 fully saturated rings. The predicted molar refractivity (Wildman–Crippen MR) is 161 cm³/mol. The van der Waals surface area contributed by atoms with Crippen molar-refractivity contribution in [2.75, 3.05) is 24.3 Å². The molecule has 2 N–H and O–H groups in total. The third-order valence-corrected chi connectivity index (χ3v) is 8.31. The van der Waals surface area contributed by atoms with Crippen molar-refractivity contribution >= 4 is 46.5 Å². The quantitative estimate of drug-likeness (QED) is 0.352. The first-order valence-electron chi connectivity index (χ1n) is 13.8. The van der Waals surface area contributed by atoms with E-state index in [4.69, 9.17) is 21.3 Å². The second-order valence-electron chi connectivity index (χ2n) is 10.5. The summed E-state index contributed by atoms with van der Waals surface area (Å²) in [4.78, 5) is 45.1. The molecule has 1 aromatic heterocycles. The number of carbonyl (C=O) groups excluding carboxylic acids is 3. The molecule has 8 nitrogen and oxygen atoms in total. The Morgan fingerprint density at radius 1 is 1.12 bits per heavy atom. The van der Waals surface area contributed by atoms with Crippen molar-refractivity contribution in [1.82, 2.24) is 9.88 Å². The Kier molecular flexibility index (Phi) is 8.40. The number of aromatic nitrogens is 1. The van der Waals surface area contributed by atoms with Gasteiger partial charge in [-0.05, 0) is 78.8 Å². The van der Waals surface area contributed by atoms with Crippen LogP contribution in [0.3, 0.4) is 0 Å². The number of pyridine rings is 1. The number of hydrogen-bond donors (Lipinski definition) is 2. The van der Waals surface area contributed by atoms with Crippen molar-refractivity contribution in [3.63, 3.8) is 0 Å². The molecular weight excluding hydrogens is 540 g/mol. The minimum atomic E-state index is -0.597. The monoisotopic (exact) mass is 572 g/mol. The van der Waals surface area contributed by atoms with Gasteiger partial charge < -0.3 is 15.0 Å². The fourth-order valence-corrected chi connectivity index (χ4v) is 5.72. The van der Waals surface area contributed by atoms with E-state index in [0.29, 0.717) is 42.2 Å². The zero-order valence-corrected chi connectivity index (χ0v) is 24.1. The number of halogens is 1. The summed E-state index contributed by atoms with van der Waals surface area (Å²) in [5.41, 5.74) is 6.46. The second-order valence-corrected chi connectivity index (χ2v) is 11.0. The summed E-state index contributed by atoms with van der Waals surface area (Å²) in [6.07, 6.45) is 5.67. The number of amides is 3. The first-order valence-corrected chi connectivity index (χ1v) is 14.2. The van der Waals surface area contributed by atoms with Gasteiger partial charge in [-0.2, -0.15) is 0 Å². The van der Waals surface area contributed by atoms with E-state index in [2.05, 4.69) is 10.6 Å².